The zero-order valence-electron chi connectivity index (χ0n) is 15.6. The molecular formula is C21H21N3O4. The quantitative estimate of drug-likeness (QED) is 0.512. The third-order valence-corrected chi connectivity index (χ3v) is 5.16. The van der Waals surface area contributed by atoms with Crippen LogP contribution in [0.3, 0.4) is 0 Å². The van der Waals surface area contributed by atoms with Crippen LogP contribution in [-0.2, 0) is 6.54 Å². The van der Waals surface area contributed by atoms with Crippen molar-refractivity contribution in [3.8, 4) is 11.3 Å². The van der Waals surface area contributed by atoms with Crippen molar-refractivity contribution in [1.29, 1.82) is 0 Å². The number of hydrogen-bond donors (Lipinski definition) is 0. The predicted molar refractivity (Wildman–Crippen MR) is 107 cm³/mol. The lowest BCUT2D eigenvalue weighted by molar-refractivity contribution is -0.384. The smallest absolute Gasteiger partial charge is 0.269 e. The van der Waals surface area contributed by atoms with E-state index in [4.69, 9.17) is 4.42 Å². The average Bonchev–Trinajstić information content (AvgIpc) is 2.69. The summed E-state index contributed by atoms with van der Waals surface area (Å²) in [4.78, 5) is 27.6. The molecule has 0 radical (unpaired) electrons. The van der Waals surface area contributed by atoms with E-state index in [9.17, 15) is 14.9 Å². The van der Waals surface area contributed by atoms with Gasteiger partial charge in [0, 0.05) is 56.5 Å². The lowest BCUT2D eigenvalue weighted by Crippen LogP contribution is -2.43. The zero-order valence-corrected chi connectivity index (χ0v) is 15.6. The van der Waals surface area contributed by atoms with Crippen LogP contribution in [0.4, 0.5) is 5.69 Å². The molecule has 7 nitrogen and oxygen atoms in total. The Kier molecular flexibility index (Phi) is 4.93. The number of likely N-dealkylation sites (N-methyl/N-ethyl adjacent to an activating group) is 1. The number of piperazine rings is 1. The minimum Gasteiger partial charge on any atom is -0.456 e. The largest absolute Gasteiger partial charge is 0.456 e. The Morgan fingerprint density at radius 3 is 2.43 bits per heavy atom. The van der Waals surface area contributed by atoms with E-state index in [1.54, 1.807) is 12.1 Å². The predicted octanol–water partition coefficient (Wildman–Crippen LogP) is 3.12. The molecule has 1 aliphatic rings. The van der Waals surface area contributed by atoms with Gasteiger partial charge < -0.3 is 9.32 Å². The van der Waals surface area contributed by atoms with Crippen molar-refractivity contribution < 1.29 is 9.34 Å². The molecule has 0 unspecified atom stereocenters. The van der Waals surface area contributed by atoms with E-state index in [1.165, 1.54) is 18.2 Å². The van der Waals surface area contributed by atoms with Crippen molar-refractivity contribution in [3.05, 3.63) is 74.4 Å². The summed E-state index contributed by atoms with van der Waals surface area (Å²) in [5.41, 5.74) is 2.14. The molecule has 1 aromatic heterocycles. The summed E-state index contributed by atoms with van der Waals surface area (Å²) in [5, 5.41) is 11.4. The maximum absolute atomic E-state index is 12.5. The first kappa shape index (κ1) is 18.3. The van der Waals surface area contributed by atoms with Gasteiger partial charge in [0.15, 0.2) is 5.43 Å². The highest BCUT2D eigenvalue weighted by Crippen LogP contribution is 2.25. The molecule has 1 aliphatic heterocycles. The highest BCUT2D eigenvalue weighted by molar-refractivity contribution is 5.79. The lowest BCUT2D eigenvalue weighted by atomic mass is 10.1. The number of non-ortho nitro benzene ring substituents is 1. The third-order valence-electron chi connectivity index (χ3n) is 5.16. The zero-order chi connectivity index (χ0) is 19.7. The van der Waals surface area contributed by atoms with Crippen LogP contribution in [0.25, 0.3) is 22.3 Å². The number of nitro benzene ring substituents is 1. The van der Waals surface area contributed by atoms with Crippen molar-refractivity contribution in [2.45, 2.75) is 6.54 Å². The fraction of sp³-hybridized carbons (Fsp3) is 0.286. The highest BCUT2D eigenvalue weighted by Gasteiger charge is 2.15. The van der Waals surface area contributed by atoms with Crippen LogP contribution in [0.5, 0.6) is 0 Å². The highest BCUT2D eigenvalue weighted by atomic mass is 16.6. The van der Waals surface area contributed by atoms with Crippen LogP contribution in [0.2, 0.25) is 0 Å². The van der Waals surface area contributed by atoms with Crippen molar-refractivity contribution in [2.75, 3.05) is 33.2 Å². The SMILES string of the molecule is CN1CCN(Cc2ccc3c(=O)cc(-c4ccc([N+](=O)[O-])cc4)oc3c2)CC1. The second-order valence-corrected chi connectivity index (χ2v) is 7.19. The third kappa shape index (κ3) is 3.81. The van der Waals surface area contributed by atoms with Gasteiger partial charge in [-0.15, -0.1) is 0 Å². The molecular weight excluding hydrogens is 358 g/mol. The number of hydrogen-bond acceptors (Lipinski definition) is 6. The molecule has 2 aromatic carbocycles. The number of rotatable bonds is 4. The summed E-state index contributed by atoms with van der Waals surface area (Å²) in [6.45, 7) is 4.94. The standard InChI is InChI=1S/C21H21N3O4/c1-22-8-10-23(11-9-22)14-15-2-7-18-19(25)13-20(28-21(18)12-15)16-3-5-17(6-4-16)24(26)27/h2-7,12-13H,8-11,14H2,1H3. The Labute approximate surface area is 161 Å². The van der Waals surface area contributed by atoms with Crippen LogP contribution in [0.1, 0.15) is 5.56 Å². The number of benzene rings is 2. The molecule has 1 saturated heterocycles. The second-order valence-electron chi connectivity index (χ2n) is 7.19. The van der Waals surface area contributed by atoms with E-state index in [-0.39, 0.29) is 11.1 Å². The van der Waals surface area contributed by atoms with Crippen molar-refractivity contribution in [1.82, 2.24) is 9.80 Å². The summed E-state index contributed by atoms with van der Waals surface area (Å²) in [7, 11) is 2.13. The van der Waals surface area contributed by atoms with Gasteiger partial charge in [0.25, 0.3) is 5.69 Å². The first-order valence-corrected chi connectivity index (χ1v) is 9.22. The van der Waals surface area contributed by atoms with Crippen molar-refractivity contribution >= 4 is 16.7 Å². The monoisotopic (exact) mass is 379 g/mol. The molecule has 0 bridgehead atoms. The van der Waals surface area contributed by atoms with Gasteiger partial charge in [-0.05, 0) is 36.9 Å². The maximum Gasteiger partial charge on any atom is 0.269 e. The molecule has 0 amide bonds. The van der Waals surface area contributed by atoms with E-state index < -0.39 is 4.92 Å². The van der Waals surface area contributed by atoms with Gasteiger partial charge >= 0.3 is 0 Å². The van der Waals surface area contributed by atoms with Gasteiger partial charge in [-0.2, -0.15) is 0 Å². The molecule has 3 aromatic rings. The average molecular weight is 379 g/mol. The molecule has 2 heterocycles. The Balaban J connectivity index is 1.64. The van der Waals surface area contributed by atoms with Crippen LogP contribution < -0.4 is 5.43 Å². The molecule has 0 saturated carbocycles. The minimum atomic E-state index is -0.453. The van der Waals surface area contributed by atoms with E-state index in [0.29, 0.717) is 22.3 Å². The normalized spacial score (nSPS) is 15.8. The van der Waals surface area contributed by atoms with Crippen LogP contribution in [0, 0.1) is 10.1 Å². The molecule has 7 heteroatoms. The molecule has 28 heavy (non-hydrogen) atoms. The summed E-state index contributed by atoms with van der Waals surface area (Å²) < 4.78 is 5.98. The Bertz CT molecular complexity index is 1070. The van der Waals surface area contributed by atoms with Crippen molar-refractivity contribution in [3.63, 3.8) is 0 Å². The van der Waals surface area contributed by atoms with E-state index >= 15 is 0 Å². The summed E-state index contributed by atoms with van der Waals surface area (Å²) in [6.07, 6.45) is 0. The van der Waals surface area contributed by atoms with Gasteiger partial charge in [0.2, 0.25) is 0 Å². The van der Waals surface area contributed by atoms with E-state index in [2.05, 4.69) is 16.8 Å². The van der Waals surface area contributed by atoms with Crippen LogP contribution in [-0.4, -0.2) is 47.9 Å². The Hall–Kier alpha value is -3.03. The van der Waals surface area contributed by atoms with Crippen LogP contribution >= 0.6 is 0 Å². The fourth-order valence-corrected chi connectivity index (χ4v) is 3.45. The number of nitrogens with zero attached hydrogens (tertiary/aromatic N) is 3. The fourth-order valence-electron chi connectivity index (χ4n) is 3.45. The van der Waals surface area contributed by atoms with Gasteiger partial charge in [-0.25, -0.2) is 0 Å². The lowest BCUT2D eigenvalue weighted by Gasteiger charge is -2.32. The number of nitro groups is 1. The summed E-state index contributed by atoms with van der Waals surface area (Å²) >= 11 is 0. The van der Waals surface area contributed by atoms with Crippen molar-refractivity contribution in [2.24, 2.45) is 0 Å². The van der Waals surface area contributed by atoms with E-state index in [1.807, 2.05) is 18.2 Å². The minimum absolute atomic E-state index is 0.00125. The molecule has 0 atom stereocenters. The van der Waals surface area contributed by atoms with Gasteiger partial charge in [-0.3, -0.25) is 19.8 Å². The molecule has 0 aliphatic carbocycles. The molecule has 1 fully saturated rings. The topological polar surface area (TPSA) is 79.8 Å². The van der Waals surface area contributed by atoms with E-state index in [0.717, 1.165) is 38.3 Å². The maximum atomic E-state index is 12.5. The van der Waals surface area contributed by atoms with Gasteiger partial charge in [-0.1, -0.05) is 6.07 Å². The molecule has 144 valence electrons. The summed E-state index contributed by atoms with van der Waals surface area (Å²) in [6, 6.07) is 13.1. The molecule has 0 N–H and O–H groups in total. The first-order chi connectivity index (χ1) is 13.5. The Morgan fingerprint density at radius 2 is 1.75 bits per heavy atom. The van der Waals surface area contributed by atoms with Crippen LogP contribution in [0.15, 0.2) is 57.7 Å². The van der Waals surface area contributed by atoms with Gasteiger partial charge in [0.1, 0.15) is 11.3 Å². The number of fused-ring (bicyclic) bond motifs is 1. The van der Waals surface area contributed by atoms with Gasteiger partial charge in [0.05, 0.1) is 10.3 Å². The summed E-state index contributed by atoms with van der Waals surface area (Å²) in [5.74, 6) is 0.407. The molecule has 4 rings (SSSR count). The second kappa shape index (κ2) is 7.53. The first-order valence-electron chi connectivity index (χ1n) is 9.22. The Morgan fingerprint density at radius 1 is 1.04 bits per heavy atom. The molecule has 0 spiro atoms.